The van der Waals surface area contributed by atoms with E-state index in [-0.39, 0.29) is 0 Å². The van der Waals surface area contributed by atoms with Gasteiger partial charge in [0.15, 0.2) is 0 Å². The van der Waals surface area contributed by atoms with E-state index in [1.807, 2.05) is 0 Å². The number of hydrogen-bond donors (Lipinski definition) is 1. The fraction of sp³-hybridized carbons (Fsp3) is 0.400. The van der Waals surface area contributed by atoms with Gasteiger partial charge in [-0.05, 0) is 26.7 Å². The molecule has 1 nitrogen and oxygen atoms in total. The third-order valence-corrected chi connectivity index (χ3v) is 0.604. The van der Waals surface area contributed by atoms with Crippen LogP contribution in [0.1, 0.15) is 12.8 Å². The Morgan fingerprint density at radius 1 is 1.33 bits per heavy atom. The van der Waals surface area contributed by atoms with Crippen molar-refractivity contribution in [3.8, 4) is 0 Å². The van der Waals surface area contributed by atoms with E-state index in [4.69, 9.17) is 5.41 Å². The number of rotatable bonds is 2. The molecule has 0 unspecified atom stereocenters. The van der Waals surface area contributed by atoms with Crippen LogP contribution in [0, 0.1) is 19.3 Å². The molecule has 0 rings (SSSR count). The van der Waals surface area contributed by atoms with Crippen LogP contribution in [0.3, 0.4) is 0 Å². The van der Waals surface area contributed by atoms with Crippen molar-refractivity contribution < 1.29 is 0 Å². The molecule has 0 aromatic heterocycles. The van der Waals surface area contributed by atoms with E-state index in [9.17, 15) is 0 Å². The first-order valence-corrected chi connectivity index (χ1v) is 1.96. The fourth-order valence-electron chi connectivity index (χ4n) is 0.125. The lowest BCUT2D eigenvalue weighted by molar-refractivity contribution is 1.27. The van der Waals surface area contributed by atoms with E-state index in [1.54, 1.807) is 0 Å². The fourth-order valence-corrected chi connectivity index (χ4v) is 0.125. The van der Waals surface area contributed by atoms with Gasteiger partial charge in [-0.15, -0.1) is 0 Å². The maximum atomic E-state index is 6.86. The van der Waals surface area contributed by atoms with Crippen molar-refractivity contribution in [3.63, 3.8) is 0 Å². The first-order valence-electron chi connectivity index (χ1n) is 1.96. The second-order valence-corrected chi connectivity index (χ2v) is 1.10. The molecule has 34 valence electrons. The van der Waals surface area contributed by atoms with Gasteiger partial charge >= 0.3 is 0 Å². The normalized spacial score (nSPS) is 8.33. The summed E-state index contributed by atoms with van der Waals surface area (Å²) in [6.45, 7) is 6.98. The minimum absolute atomic E-state index is 0.601. The maximum Gasteiger partial charge on any atom is 0.00891 e. The minimum atomic E-state index is 0.601. The molecule has 0 aliphatic rings. The predicted octanol–water partition coefficient (Wildman–Crippen LogP) is 1.45. The molecule has 0 spiro atoms. The van der Waals surface area contributed by atoms with Crippen molar-refractivity contribution in [1.29, 1.82) is 5.41 Å². The second-order valence-electron chi connectivity index (χ2n) is 1.10. The molecule has 1 N–H and O–H groups in total. The Bertz CT molecular complexity index is 41.9. The molecule has 0 saturated carbocycles. The molecule has 0 amide bonds. The van der Waals surface area contributed by atoms with Crippen LogP contribution in [-0.4, -0.2) is 5.71 Å². The Balaban J connectivity index is 2.99. The van der Waals surface area contributed by atoms with Crippen molar-refractivity contribution in [2.24, 2.45) is 0 Å². The summed E-state index contributed by atoms with van der Waals surface area (Å²) in [7, 11) is 0. The molecule has 0 aliphatic carbocycles. The van der Waals surface area contributed by atoms with E-state index < -0.39 is 0 Å². The van der Waals surface area contributed by atoms with Crippen LogP contribution in [0.25, 0.3) is 0 Å². The molecule has 0 aromatic carbocycles. The Kier molecular flexibility index (Phi) is 2.73. The maximum absolute atomic E-state index is 6.86. The molecule has 0 atom stereocenters. The van der Waals surface area contributed by atoms with Crippen LogP contribution in [0.2, 0.25) is 0 Å². The summed E-state index contributed by atoms with van der Waals surface area (Å²) in [5, 5.41) is 6.86. The summed E-state index contributed by atoms with van der Waals surface area (Å²) in [4.78, 5) is 0. The number of nitrogens with one attached hydrogen (secondary N) is 1. The molecule has 1 heteroatoms. The van der Waals surface area contributed by atoms with E-state index in [2.05, 4.69) is 13.8 Å². The zero-order valence-electron chi connectivity index (χ0n) is 3.83. The Morgan fingerprint density at radius 3 is 1.67 bits per heavy atom. The van der Waals surface area contributed by atoms with Gasteiger partial charge in [0.2, 0.25) is 0 Å². The van der Waals surface area contributed by atoms with E-state index in [1.165, 1.54) is 0 Å². The third-order valence-electron chi connectivity index (χ3n) is 0.604. The van der Waals surface area contributed by atoms with Gasteiger partial charge in [0.05, 0.1) is 0 Å². The highest BCUT2D eigenvalue weighted by Crippen LogP contribution is 1.82. The molecule has 6 heavy (non-hydrogen) atoms. The smallest absolute Gasteiger partial charge is 0.00891 e. The molecular formula is C5H9N. The summed E-state index contributed by atoms with van der Waals surface area (Å²) in [5.41, 5.74) is 0.620. The van der Waals surface area contributed by atoms with Crippen molar-refractivity contribution in [2.45, 2.75) is 12.8 Å². The average molecular weight is 83.1 g/mol. The van der Waals surface area contributed by atoms with Gasteiger partial charge in [0.25, 0.3) is 0 Å². The van der Waals surface area contributed by atoms with Crippen LogP contribution >= 0.6 is 0 Å². The van der Waals surface area contributed by atoms with Crippen molar-refractivity contribution in [1.82, 2.24) is 0 Å². The van der Waals surface area contributed by atoms with Gasteiger partial charge in [-0.3, -0.25) is 0 Å². The van der Waals surface area contributed by atoms with E-state index in [0.717, 1.165) is 0 Å². The lowest BCUT2D eigenvalue weighted by Gasteiger charge is -1.86. The molecule has 0 fully saturated rings. The molecular weight excluding hydrogens is 74.1 g/mol. The molecule has 0 aromatic rings. The Labute approximate surface area is 38.9 Å². The van der Waals surface area contributed by atoms with Gasteiger partial charge in [-0.2, -0.15) is 0 Å². The summed E-state index contributed by atoms with van der Waals surface area (Å²) in [5.74, 6) is 0. The number of hydrogen-bond acceptors (Lipinski definition) is 1. The van der Waals surface area contributed by atoms with Gasteiger partial charge in [0, 0.05) is 5.71 Å². The molecule has 0 bridgehead atoms. The standard InChI is InChI=1S/C5H9N/c1-3-5(6)4-2/h6H,1-4H2. The zero-order valence-corrected chi connectivity index (χ0v) is 3.83. The average Bonchev–Trinajstić information content (AvgIpc) is 1.65. The SMILES string of the molecule is [CH2]CC(=N)C[CH2]. The van der Waals surface area contributed by atoms with Crippen molar-refractivity contribution in [3.05, 3.63) is 13.8 Å². The van der Waals surface area contributed by atoms with Crippen molar-refractivity contribution >= 4 is 5.71 Å². The summed E-state index contributed by atoms with van der Waals surface area (Å²) in [6, 6.07) is 0. The Morgan fingerprint density at radius 2 is 1.67 bits per heavy atom. The molecule has 0 aliphatic heterocycles. The van der Waals surface area contributed by atoms with E-state index >= 15 is 0 Å². The quantitative estimate of drug-likeness (QED) is 0.489. The van der Waals surface area contributed by atoms with Crippen LogP contribution < -0.4 is 0 Å². The van der Waals surface area contributed by atoms with Crippen LogP contribution in [0.4, 0.5) is 0 Å². The zero-order chi connectivity index (χ0) is 4.99. The highest BCUT2D eigenvalue weighted by atomic mass is 14.4. The Hall–Kier alpha value is -0.330. The van der Waals surface area contributed by atoms with Gasteiger partial charge in [-0.25, -0.2) is 0 Å². The summed E-state index contributed by atoms with van der Waals surface area (Å²) in [6.07, 6.45) is 1.20. The second kappa shape index (κ2) is 2.88. The molecule has 0 heterocycles. The highest BCUT2D eigenvalue weighted by molar-refractivity contribution is 5.82. The monoisotopic (exact) mass is 83.1 g/mol. The minimum Gasteiger partial charge on any atom is -0.310 e. The summed E-state index contributed by atoms with van der Waals surface area (Å²) < 4.78 is 0. The molecule has 0 saturated heterocycles. The van der Waals surface area contributed by atoms with Gasteiger partial charge < -0.3 is 5.41 Å². The molecule has 2 radical (unpaired) electrons. The first kappa shape index (κ1) is 5.67. The largest absolute Gasteiger partial charge is 0.310 e. The topological polar surface area (TPSA) is 23.9 Å². The predicted molar refractivity (Wildman–Crippen MR) is 27.7 cm³/mol. The lowest BCUT2D eigenvalue weighted by Crippen LogP contribution is -1.87. The van der Waals surface area contributed by atoms with Crippen LogP contribution in [0.5, 0.6) is 0 Å². The first-order chi connectivity index (χ1) is 2.81. The lowest BCUT2D eigenvalue weighted by atomic mass is 10.2. The van der Waals surface area contributed by atoms with Gasteiger partial charge in [0.1, 0.15) is 0 Å². The van der Waals surface area contributed by atoms with Crippen LogP contribution in [-0.2, 0) is 0 Å². The highest BCUT2D eigenvalue weighted by Gasteiger charge is 1.81. The third kappa shape index (κ3) is 1.94. The van der Waals surface area contributed by atoms with E-state index in [0.29, 0.717) is 18.6 Å². The summed E-state index contributed by atoms with van der Waals surface area (Å²) >= 11 is 0. The van der Waals surface area contributed by atoms with Crippen molar-refractivity contribution in [2.75, 3.05) is 0 Å². The van der Waals surface area contributed by atoms with Crippen LogP contribution in [0.15, 0.2) is 0 Å². The van der Waals surface area contributed by atoms with Gasteiger partial charge in [-0.1, -0.05) is 0 Å².